The van der Waals surface area contributed by atoms with Crippen molar-refractivity contribution < 1.29 is 9.90 Å². The molecule has 0 aliphatic carbocycles. The van der Waals surface area contributed by atoms with Crippen molar-refractivity contribution in [2.45, 2.75) is 33.2 Å². The van der Waals surface area contributed by atoms with Gasteiger partial charge in [-0.1, -0.05) is 13.3 Å². The molecule has 0 aromatic carbocycles. The zero-order valence-electron chi connectivity index (χ0n) is 7.95. The van der Waals surface area contributed by atoms with Crippen LogP contribution in [0.5, 0.6) is 0 Å². The monoisotopic (exact) mass is 182 g/mol. The molecule has 4 nitrogen and oxygen atoms in total. The molecule has 1 rings (SSSR count). The van der Waals surface area contributed by atoms with Gasteiger partial charge >= 0.3 is 5.97 Å². The number of rotatable bonds is 4. The summed E-state index contributed by atoms with van der Waals surface area (Å²) in [5.74, 6) is -0.903. The average molecular weight is 182 g/mol. The van der Waals surface area contributed by atoms with E-state index in [-0.39, 0.29) is 0 Å². The van der Waals surface area contributed by atoms with Crippen molar-refractivity contribution in [3.05, 3.63) is 17.5 Å². The predicted octanol–water partition coefficient (Wildman–Crippen LogP) is 1.69. The first-order valence-electron chi connectivity index (χ1n) is 4.42. The van der Waals surface area contributed by atoms with Crippen molar-refractivity contribution in [1.29, 1.82) is 0 Å². The Hall–Kier alpha value is -1.32. The van der Waals surface area contributed by atoms with Crippen LogP contribution in [0.2, 0.25) is 0 Å². The molecule has 1 heterocycles. The van der Waals surface area contributed by atoms with Crippen LogP contribution in [0, 0.1) is 6.92 Å². The van der Waals surface area contributed by atoms with Gasteiger partial charge in [0.15, 0.2) is 0 Å². The summed E-state index contributed by atoms with van der Waals surface area (Å²) in [7, 11) is 0. The lowest BCUT2D eigenvalue weighted by Crippen LogP contribution is -1.98. The minimum atomic E-state index is -0.903. The van der Waals surface area contributed by atoms with Gasteiger partial charge in [-0.05, 0) is 13.3 Å². The number of nitrogens with zero attached hydrogens (tertiary/aromatic N) is 2. The number of unbranched alkanes of at least 4 members (excludes halogenated alkanes) is 1. The Morgan fingerprint density at radius 3 is 2.85 bits per heavy atom. The number of aromatic carboxylic acids is 1. The molecular formula is C9H14N2O2. The molecular weight excluding hydrogens is 168 g/mol. The molecule has 1 N–H and O–H groups in total. The number of hydrogen-bond acceptors (Lipinski definition) is 2. The predicted molar refractivity (Wildman–Crippen MR) is 48.8 cm³/mol. The van der Waals surface area contributed by atoms with Crippen LogP contribution < -0.4 is 0 Å². The quantitative estimate of drug-likeness (QED) is 0.770. The van der Waals surface area contributed by atoms with Crippen molar-refractivity contribution in [3.63, 3.8) is 0 Å². The Morgan fingerprint density at radius 2 is 2.38 bits per heavy atom. The second-order valence-electron chi connectivity index (χ2n) is 3.05. The molecule has 0 amide bonds. The minimum absolute atomic E-state index is 0.302. The highest BCUT2D eigenvalue weighted by Crippen LogP contribution is 2.06. The standard InChI is InChI=1S/C9H14N2O2/c1-3-4-5-11-6-8(9(12)13)7(2)10-11/h6H,3-5H2,1-2H3,(H,12,13). The van der Waals surface area contributed by atoms with E-state index in [1.54, 1.807) is 17.8 Å². The summed E-state index contributed by atoms with van der Waals surface area (Å²) in [5.41, 5.74) is 0.889. The molecule has 0 radical (unpaired) electrons. The average Bonchev–Trinajstić information content (AvgIpc) is 2.43. The van der Waals surface area contributed by atoms with E-state index in [1.165, 1.54) is 0 Å². The molecule has 72 valence electrons. The normalized spacial score (nSPS) is 10.3. The van der Waals surface area contributed by atoms with E-state index >= 15 is 0 Å². The topological polar surface area (TPSA) is 55.1 Å². The third-order valence-electron chi connectivity index (χ3n) is 1.92. The third-order valence-corrected chi connectivity index (χ3v) is 1.92. The van der Waals surface area contributed by atoms with E-state index in [4.69, 9.17) is 5.11 Å². The van der Waals surface area contributed by atoms with Crippen LogP contribution in [0.3, 0.4) is 0 Å². The highest BCUT2D eigenvalue weighted by Gasteiger charge is 2.10. The molecule has 1 aromatic rings. The molecule has 13 heavy (non-hydrogen) atoms. The van der Waals surface area contributed by atoms with Gasteiger partial charge in [-0.25, -0.2) is 4.79 Å². The van der Waals surface area contributed by atoms with Crippen molar-refractivity contribution >= 4 is 5.97 Å². The Morgan fingerprint density at radius 1 is 1.69 bits per heavy atom. The molecule has 0 unspecified atom stereocenters. The van der Waals surface area contributed by atoms with Crippen LogP contribution in [0.15, 0.2) is 6.20 Å². The van der Waals surface area contributed by atoms with Gasteiger partial charge in [-0.2, -0.15) is 5.10 Å². The summed E-state index contributed by atoms with van der Waals surface area (Å²) in [6.45, 7) is 4.60. The van der Waals surface area contributed by atoms with Crippen molar-refractivity contribution in [2.24, 2.45) is 0 Å². The summed E-state index contributed by atoms with van der Waals surface area (Å²) in [6, 6.07) is 0. The van der Waals surface area contributed by atoms with E-state index in [0.717, 1.165) is 19.4 Å². The van der Waals surface area contributed by atoms with E-state index < -0.39 is 5.97 Å². The smallest absolute Gasteiger partial charge is 0.339 e. The maximum Gasteiger partial charge on any atom is 0.339 e. The fraction of sp³-hybridized carbons (Fsp3) is 0.556. The lowest BCUT2D eigenvalue weighted by atomic mass is 10.3. The minimum Gasteiger partial charge on any atom is -0.478 e. The Kier molecular flexibility index (Phi) is 3.06. The molecule has 0 fully saturated rings. The molecule has 0 saturated heterocycles. The van der Waals surface area contributed by atoms with Crippen LogP contribution >= 0.6 is 0 Å². The molecule has 0 bridgehead atoms. The SMILES string of the molecule is CCCCn1cc(C(=O)O)c(C)n1. The van der Waals surface area contributed by atoms with Gasteiger partial charge < -0.3 is 5.11 Å². The van der Waals surface area contributed by atoms with Gasteiger partial charge in [0.25, 0.3) is 0 Å². The van der Waals surface area contributed by atoms with Crippen LogP contribution in [-0.2, 0) is 6.54 Å². The van der Waals surface area contributed by atoms with Gasteiger partial charge in [-0.3, -0.25) is 4.68 Å². The molecule has 0 spiro atoms. The summed E-state index contributed by atoms with van der Waals surface area (Å²) >= 11 is 0. The van der Waals surface area contributed by atoms with Gasteiger partial charge in [0.2, 0.25) is 0 Å². The van der Waals surface area contributed by atoms with Crippen molar-refractivity contribution in [3.8, 4) is 0 Å². The lowest BCUT2D eigenvalue weighted by molar-refractivity contribution is 0.0696. The number of aromatic nitrogens is 2. The third kappa shape index (κ3) is 2.31. The summed E-state index contributed by atoms with van der Waals surface area (Å²) < 4.78 is 1.70. The molecule has 1 aromatic heterocycles. The summed E-state index contributed by atoms with van der Waals surface area (Å²) in [6.07, 6.45) is 3.70. The molecule has 0 aliphatic rings. The fourth-order valence-electron chi connectivity index (χ4n) is 1.16. The van der Waals surface area contributed by atoms with Crippen LogP contribution in [-0.4, -0.2) is 20.9 Å². The van der Waals surface area contributed by atoms with E-state index in [9.17, 15) is 4.79 Å². The Balaban J connectivity index is 2.76. The second kappa shape index (κ2) is 4.07. The second-order valence-corrected chi connectivity index (χ2v) is 3.05. The van der Waals surface area contributed by atoms with Gasteiger partial charge in [0.05, 0.1) is 5.69 Å². The Bertz CT molecular complexity index is 305. The van der Waals surface area contributed by atoms with Crippen LogP contribution in [0.4, 0.5) is 0 Å². The highest BCUT2D eigenvalue weighted by atomic mass is 16.4. The van der Waals surface area contributed by atoms with Gasteiger partial charge in [0.1, 0.15) is 5.56 Å². The first-order valence-corrected chi connectivity index (χ1v) is 4.42. The number of hydrogen-bond donors (Lipinski definition) is 1. The maximum atomic E-state index is 10.7. The van der Waals surface area contributed by atoms with E-state index in [0.29, 0.717) is 11.3 Å². The van der Waals surface area contributed by atoms with E-state index in [2.05, 4.69) is 12.0 Å². The van der Waals surface area contributed by atoms with Gasteiger partial charge in [-0.15, -0.1) is 0 Å². The number of aryl methyl sites for hydroxylation is 2. The molecule has 0 atom stereocenters. The molecule has 0 aliphatic heterocycles. The lowest BCUT2D eigenvalue weighted by Gasteiger charge is -1.96. The molecule has 0 saturated carbocycles. The first-order chi connectivity index (χ1) is 6.15. The van der Waals surface area contributed by atoms with E-state index in [1.807, 2.05) is 0 Å². The van der Waals surface area contributed by atoms with Crippen LogP contribution in [0.25, 0.3) is 0 Å². The maximum absolute atomic E-state index is 10.7. The van der Waals surface area contributed by atoms with Crippen molar-refractivity contribution in [2.75, 3.05) is 0 Å². The summed E-state index contributed by atoms with van der Waals surface area (Å²) in [4.78, 5) is 10.7. The number of carbonyl (C=O) groups is 1. The number of carboxylic acids is 1. The zero-order chi connectivity index (χ0) is 9.84. The molecule has 4 heteroatoms. The fourth-order valence-corrected chi connectivity index (χ4v) is 1.16. The highest BCUT2D eigenvalue weighted by molar-refractivity contribution is 5.88. The summed E-state index contributed by atoms with van der Waals surface area (Å²) in [5, 5.41) is 12.9. The first kappa shape index (κ1) is 9.77. The number of carboxylic acid groups (broad SMARTS) is 1. The van der Waals surface area contributed by atoms with Gasteiger partial charge in [0, 0.05) is 12.7 Å². The zero-order valence-corrected chi connectivity index (χ0v) is 7.95. The largest absolute Gasteiger partial charge is 0.478 e. The van der Waals surface area contributed by atoms with Crippen LogP contribution in [0.1, 0.15) is 35.8 Å². The van der Waals surface area contributed by atoms with Crippen molar-refractivity contribution in [1.82, 2.24) is 9.78 Å². The Labute approximate surface area is 77.2 Å².